The third kappa shape index (κ3) is 2.50. The predicted octanol–water partition coefficient (Wildman–Crippen LogP) is 2.68. The lowest BCUT2D eigenvalue weighted by Gasteiger charge is -2.12. The number of H-pyrrole nitrogens is 1. The SMILES string of the molecule is O=C(Nc1ccccc1C(F)(F)F)c1cnc[nH]1. The number of alkyl halides is 3. The topological polar surface area (TPSA) is 57.8 Å². The number of nitrogens with zero attached hydrogens (tertiary/aromatic N) is 1. The molecule has 0 saturated carbocycles. The predicted molar refractivity (Wildman–Crippen MR) is 58.0 cm³/mol. The van der Waals surface area contributed by atoms with Crippen molar-refractivity contribution in [2.75, 3.05) is 5.32 Å². The molecule has 0 aliphatic rings. The van der Waals surface area contributed by atoms with Crippen LogP contribution in [0.2, 0.25) is 0 Å². The summed E-state index contributed by atoms with van der Waals surface area (Å²) in [6.07, 6.45) is -2.02. The number of para-hydroxylation sites is 1. The highest BCUT2D eigenvalue weighted by Gasteiger charge is 2.33. The van der Waals surface area contributed by atoms with Crippen LogP contribution in [0.25, 0.3) is 0 Å². The maximum atomic E-state index is 12.7. The minimum absolute atomic E-state index is 0.0898. The number of carbonyl (C=O) groups excluding carboxylic acids is 1. The molecule has 1 aromatic heterocycles. The first-order chi connectivity index (χ1) is 8.48. The van der Waals surface area contributed by atoms with Gasteiger partial charge in [0.25, 0.3) is 5.91 Å². The van der Waals surface area contributed by atoms with Gasteiger partial charge >= 0.3 is 6.18 Å². The molecule has 7 heteroatoms. The first kappa shape index (κ1) is 12.2. The lowest BCUT2D eigenvalue weighted by molar-refractivity contribution is -0.136. The number of nitrogens with one attached hydrogen (secondary N) is 2. The van der Waals surface area contributed by atoms with Gasteiger partial charge < -0.3 is 10.3 Å². The highest BCUT2D eigenvalue weighted by Crippen LogP contribution is 2.34. The van der Waals surface area contributed by atoms with Gasteiger partial charge in [0.2, 0.25) is 0 Å². The zero-order valence-corrected chi connectivity index (χ0v) is 8.95. The number of hydrogen-bond donors (Lipinski definition) is 2. The van der Waals surface area contributed by atoms with Gasteiger partial charge in [-0.25, -0.2) is 4.98 Å². The van der Waals surface area contributed by atoms with Crippen molar-refractivity contribution in [3.05, 3.63) is 48.0 Å². The molecule has 0 spiro atoms. The summed E-state index contributed by atoms with van der Waals surface area (Å²) in [6.45, 7) is 0. The van der Waals surface area contributed by atoms with Crippen molar-refractivity contribution in [1.82, 2.24) is 9.97 Å². The van der Waals surface area contributed by atoms with E-state index in [4.69, 9.17) is 0 Å². The normalized spacial score (nSPS) is 11.3. The highest BCUT2D eigenvalue weighted by molar-refractivity contribution is 6.03. The fourth-order valence-corrected chi connectivity index (χ4v) is 1.41. The minimum atomic E-state index is -4.52. The highest BCUT2D eigenvalue weighted by atomic mass is 19.4. The Bertz CT molecular complexity index is 549. The van der Waals surface area contributed by atoms with Crippen molar-refractivity contribution in [1.29, 1.82) is 0 Å². The van der Waals surface area contributed by atoms with Gasteiger partial charge in [0.1, 0.15) is 5.69 Å². The number of rotatable bonds is 2. The average Bonchev–Trinajstić information content (AvgIpc) is 2.81. The molecule has 0 radical (unpaired) electrons. The van der Waals surface area contributed by atoms with E-state index < -0.39 is 17.6 Å². The van der Waals surface area contributed by atoms with E-state index in [0.717, 1.165) is 6.07 Å². The van der Waals surface area contributed by atoms with Crippen molar-refractivity contribution in [2.24, 2.45) is 0 Å². The van der Waals surface area contributed by atoms with Crippen molar-refractivity contribution < 1.29 is 18.0 Å². The Balaban J connectivity index is 2.27. The molecule has 0 aliphatic heterocycles. The summed E-state index contributed by atoms with van der Waals surface area (Å²) in [4.78, 5) is 17.7. The van der Waals surface area contributed by atoms with E-state index >= 15 is 0 Å². The number of carbonyl (C=O) groups is 1. The number of halogens is 3. The van der Waals surface area contributed by atoms with Crippen molar-refractivity contribution in [2.45, 2.75) is 6.18 Å². The molecule has 94 valence electrons. The second kappa shape index (κ2) is 4.52. The number of aromatic nitrogens is 2. The summed E-state index contributed by atoms with van der Waals surface area (Å²) in [6, 6.07) is 4.77. The molecule has 18 heavy (non-hydrogen) atoms. The summed E-state index contributed by atoms with van der Waals surface area (Å²) in [5, 5.41) is 2.19. The third-order valence-corrected chi connectivity index (χ3v) is 2.22. The maximum Gasteiger partial charge on any atom is 0.418 e. The summed E-state index contributed by atoms with van der Waals surface area (Å²) in [5.74, 6) is -0.677. The van der Waals surface area contributed by atoms with E-state index in [-0.39, 0.29) is 11.4 Å². The summed E-state index contributed by atoms with van der Waals surface area (Å²) >= 11 is 0. The van der Waals surface area contributed by atoms with Crippen LogP contribution in [0.4, 0.5) is 18.9 Å². The molecule has 4 nitrogen and oxygen atoms in total. The molecule has 0 unspecified atom stereocenters. The molecule has 0 aliphatic carbocycles. The Kier molecular flexibility index (Phi) is 3.05. The van der Waals surface area contributed by atoms with Crippen LogP contribution in [-0.4, -0.2) is 15.9 Å². The standard InChI is InChI=1S/C11H8F3N3O/c12-11(13,14)7-3-1-2-4-8(7)17-10(18)9-5-15-6-16-9/h1-6H,(H,15,16)(H,17,18). The van der Waals surface area contributed by atoms with Crippen LogP contribution in [0.5, 0.6) is 0 Å². The molecule has 0 atom stereocenters. The minimum Gasteiger partial charge on any atom is -0.341 e. The van der Waals surface area contributed by atoms with E-state index in [2.05, 4.69) is 15.3 Å². The lowest BCUT2D eigenvalue weighted by Crippen LogP contribution is -2.16. The molecule has 0 bridgehead atoms. The van der Waals surface area contributed by atoms with Gasteiger partial charge in [-0.2, -0.15) is 13.2 Å². The van der Waals surface area contributed by atoms with Crippen LogP contribution in [0.1, 0.15) is 16.1 Å². The Morgan fingerprint density at radius 1 is 1.28 bits per heavy atom. The van der Waals surface area contributed by atoms with Gasteiger partial charge in [0.05, 0.1) is 23.8 Å². The first-order valence-corrected chi connectivity index (χ1v) is 4.94. The summed E-state index contributed by atoms with van der Waals surface area (Å²) < 4.78 is 38.0. The Hall–Kier alpha value is -2.31. The van der Waals surface area contributed by atoms with Gasteiger partial charge in [-0.05, 0) is 12.1 Å². The van der Waals surface area contributed by atoms with E-state index in [1.165, 1.54) is 30.7 Å². The monoisotopic (exact) mass is 255 g/mol. The second-order valence-electron chi connectivity index (χ2n) is 3.46. The fraction of sp³-hybridized carbons (Fsp3) is 0.0909. The van der Waals surface area contributed by atoms with Gasteiger partial charge in [-0.1, -0.05) is 12.1 Å². The Morgan fingerprint density at radius 3 is 2.61 bits per heavy atom. The smallest absolute Gasteiger partial charge is 0.341 e. The van der Waals surface area contributed by atoms with E-state index in [0.29, 0.717) is 0 Å². The second-order valence-corrected chi connectivity index (χ2v) is 3.46. The van der Waals surface area contributed by atoms with Crippen LogP contribution in [0.3, 0.4) is 0 Å². The largest absolute Gasteiger partial charge is 0.418 e. The molecule has 2 aromatic rings. The Labute approximate surface area is 99.9 Å². The van der Waals surface area contributed by atoms with Crippen molar-refractivity contribution in [3.63, 3.8) is 0 Å². The average molecular weight is 255 g/mol. The molecule has 0 saturated heterocycles. The maximum absolute atomic E-state index is 12.7. The third-order valence-electron chi connectivity index (χ3n) is 2.22. The first-order valence-electron chi connectivity index (χ1n) is 4.94. The molecular weight excluding hydrogens is 247 g/mol. The Morgan fingerprint density at radius 2 is 2.00 bits per heavy atom. The zero-order chi connectivity index (χ0) is 13.2. The molecule has 1 heterocycles. The van der Waals surface area contributed by atoms with E-state index in [9.17, 15) is 18.0 Å². The molecule has 2 rings (SSSR count). The number of imidazole rings is 1. The molecular formula is C11H8F3N3O. The number of amides is 1. The van der Waals surface area contributed by atoms with Crippen LogP contribution in [0, 0.1) is 0 Å². The quantitative estimate of drug-likeness (QED) is 0.866. The molecule has 0 fully saturated rings. The molecule has 1 amide bonds. The number of hydrogen-bond acceptors (Lipinski definition) is 2. The van der Waals surface area contributed by atoms with Gasteiger partial charge in [-0.3, -0.25) is 4.79 Å². The van der Waals surface area contributed by atoms with E-state index in [1.807, 2.05) is 0 Å². The van der Waals surface area contributed by atoms with Crippen LogP contribution < -0.4 is 5.32 Å². The van der Waals surface area contributed by atoms with Gasteiger partial charge in [0, 0.05) is 0 Å². The van der Waals surface area contributed by atoms with Crippen LogP contribution in [-0.2, 0) is 6.18 Å². The number of aromatic amines is 1. The van der Waals surface area contributed by atoms with Gasteiger partial charge in [-0.15, -0.1) is 0 Å². The summed E-state index contributed by atoms with van der Waals surface area (Å²) in [7, 11) is 0. The fourth-order valence-electron chi connectivity index (χ4n) is 1.41. The molecule has 2 N–H and O–H groups in total. The lowest BCUT2D eigenvalue weighted by atomic mass is 10.1. The number of anilines is 1. The van der Waals surface area contributed by atoms with Crippen LogP contribution >= 0.6 is 0 Å². The zero-order valence-electron chi connectivity index (χ0n) is 8.95. The number of benzene rings is 1. The van der Waals surface area contributed by atoms with Crippen molar-refractivity contribution >= 4 is 11.6 Å². The van der Waals surface area contributed by atoms with E-state index in [1.54, 1.807) is 0 Å². The van der Waals surface area contributed by atoms with Crippen LogP contribution in [0.15, 0.2) is 36.8 Å². The molecule has 1 aromatic carbocycles. The van der Waals surface area contributed by atoms with Crippen molar-refractivity contribution in [3.8, 4) is 0 Å². The summed E-state index contributed by atoms with van der Waals surface area (Å²) in [5.41, 5.74) is -1.09. The van der Waals surface area contributed by atoms with Gasteiger partial charge in [0.15, 0.2) is 0 Å².